The molecule has 0 spiro atoms. The SMILES string of the molecule is CC[C@H](C)NC(=O)[C@@H](C)N(Cc1ccc(Br)cc1)C(=O)CCCN(c1ccc(C)cc1)S(C)(=O)=O. The summed E-state index contributed by atoms with van der Waals surface area (Å²) in [4.78, 5) is 27.7. The van der Waals surface area contributed by atoms with Gasteiger partial charge in [-0.25, -0.2) is 8.42 Å². The third-order valence-corrected chi connectivity index (χ3v) is 7.63. The number of hydrogen-bond acceptors (Lipinski definition) is 4. The quantitative estimate of drug-likeness (QED) is 0.406. The Labute approximate surface area is 218 Å². The van der Waals surface area contributed by atoms with E-state index < -0.39 is 16.1 Å². The van der Waals surface area contributed by atoms with Crippen LogP contribution in [0, 0.1) is 6.92 Å². The number of halogens is 1. The molecule has 0 unspecified atom stereocenters. The Balaban J connectivity index is 2.15. The van der Waals surface area contributed by atoms with Gasteiger partial charge in [-0.05, 0) is 63.4 Å². The Morgan fingerprint density at radius 2 is 1.63 bits per heavy atom. The third kappa shape index (κ3) is 8.96. The van der Waals surface area contributed by atoms with Gasteiger partial charge in [0.05, 0.1) is 11.9 Å². The van der Waals surface area contributed by atoms with E-state index in [1.165, 1.54) is 4.31 Å². The fourth-order valence-electron chi connectivity index (χ4n) is 3.55. The van der Waals surface area contributed by atoms with Gasteiger partial charge in [0.25, 0.3) is 0 Å². The summed E-state index contributed by atoms with van der Waals surface area (Å²) in [5.74, 6) is -0.403. The molecule has 0 fully saturated rings. The molecule has 2 atom stereocenters. The Kier molecular flexibility index (Phi) is 10.8. The van der Waals surface area contributed by atoms with Crippen LogP contribution in [0.25, 0.3) is 0 Å². The second-order valence-electron chi connectivity index (χ2n) is 8.92. The van der Waals surface area contributed by atoms with Gasteiger partial charge in [-0.3, -0.25) is 13.9 Å². The second kappa shape index (κ2) is 13.1. The molecule has 0 bridgehead atoms. The second-order valence-corrected chi connectivity index (χ2v) is 11.7. The smallest absolute Gasteiger partial charge is 0.242 e. The van der Waals surface area contributed by atoms with Crippen molar-refractivity contribution in [3.63, 3.8) is 0 Å². The Hall–Kier alpha value is -2.39. The van der Waals surface area contributed by atoms with Crippen molar-refractivity contribution in [2.45, 2.75) is 65.6 Å². The van der Waals surface area contributed by atoms with Gasteiger partial charge in [0.15, 0.2) is 0 Å². The highest BCUT2D eigenvalue weighted by Crippen LogP contribution is 2.20. The third-order valence-electron chi connectivity index (χ3n) is 5.91. The first kappa shape index (κ1) is 28.8. The number of amides is 2. The topological polar surface area (TPSA) is 86.8 Å². The lowest BCUT2D eigenvalue weighted by atomic mass is 10.1. The number of anilines is 1. The molecule has 0 saturated heterocycles. The van der Waals surface area contributed by atoms with Gasteiger partial charge < -0.3 is 10.2 Å². The van der Waals surface area contributed by atoms with E-state index in [1.54, 1.807) is 24.0 Å². The molecule has 2 rings (SSSR count). The predicted octanol–water partition coefficient (Wildman–Crippen LogP) is 4.64. The normalized spacial score (nSPS) is 13.1. The number of hydrogen-bond donors (Lipinski definition) is 1. The lowest BCUT2D eigenvalue weighted by Crippen LogP contribution is -2.49. The van der Waals surface area contributed by atoms with E-state index in [9.17, 15) is 18.0 Å². The number of rotatable bonds is 12. The minimum atomic E-state index is -3.51. The van der Waals surface area contributed by atoms with Crippen LogP contribution in [0.3, 0.4) is 0 Å². The summed E-state index contributed by atoms with van der Waals surface area (Å²) in [7, 11) is -3.51. The van der Waals surface area contributed by atoms with E-state index >= 15 is 0 Å². The Bertz CT molecular complexity index is 1090. The fourth-order valence-corrected chi connectivity index (χ4v) is 4.78. The molecule has 7 nitrogen and oxygen atoms in total. The highest BCUT2D eigenvalue weighted by molar-refractivity contribution is 9.10. The van der Waals surface area contributed by atoms with Gasteiger partial charge in [-0.15, -0.1) is 0 Å². The minimum absolute atomic E-state index is 0.00686. The zero-order valence-corrected chi connectivity index (χ0v) is 23.5. The van der Waals surface area contributed by atoms with Crippen LogP contribution in [0.15, 0.2) is 53.0 Å². The molecule has 35 heavy (non-hydrogen) atoms. The molecule has 0 aromatic heterocycles. The number of nitrogens with zero attached hydrogens (tertiary/aromatic N) is 2. The molecule has 192 valence electrons. The van der Waals surface area contributed by atoms with Gasteiger partial charge in [0.1, 0.15) is 6.04 Å². The monoisotopic (exact) mass is 565 g/mol. The molecule has 2 aromatic rings. The van der Waals surface area contributed by atoms with Crippen molar-refractivity contribution < 1.29 is 18.0 Å². The first-order valence-corrected chi connectivity index (χ1v) is 14.4. The van der Waals surface area contributed by atoms with Crippen molar-refractivity contribution in [2.75, 3.05) is 17.1 Å². The molecular formula is C26H36BrN3O4S. The molecule has 0 aliphatic heterocycles. The van der Waals surface area contributed by atoms with Crippen molar-refractivity contribution in [3.05, 3.63) is 64.1 Å². The van der Waals surface area contributed by atoms with Crippen LogP contribution in [-0.2, 0) is 26.2 Å². The van der Waals surface area contributed by atoms with Crippen molar-refractivity contribution in [2.24, 2.45) is 0 Å². The van der Waals surface area contributed by atoms with Crippen LogP contribution in [0.4, 0.5) is 5.69 Å². The number of benzene rings is 2. The van der Waals surface area contributed by atoms with E-state index in [4.69, 9.17) is 0 Å². The first-order chi connectivity index (χ1) is 16.4. The average molecular weight is 567 g/mol. The molecule has 9 heteroatoms. The molecule has 0 aliphatic rings. The van der Waals surface area contributed by atoms with Crippen LogP contribution >= 0.6 is 15.9 Å². The molecule has 0 aliphatic carbocycles. The number of nitrogens with one attached hydrogen (secondary N) is 1. The summed E-state index contributed by atoms with van der Waals surface area (Å²) in [6.45, 7) is 8.04. The fraction of sp³-hybridized carbons (Fsp3) is 0.462. The van der Waals surface area contributed by atoms with Crippen LogP contribution in [0.5, 0.6) is 0 Å². The van der Waals surface area contributed by atoms with E-state index in [1.807, 2.05) is 57.2 Å². The number of carbonyl (C=O) groups excluding carboxylic acids is 2. The maximum Gasteiger partial charge on any atom is 0.242 e. The number of carbonyl (C=O) groups is 2. The van der Waals surface area contributed by atoms with E-state index in [0.717, 1.165) is 28.3 Å². The maximum absolute atomic E-state index is 13.3. The first-order valence-electron chi connectivity index (χ1n) is 11.8. The van der Waals surface area contributed by atoms with E-state index in [2.05, 4.69) is 21.2 Å². The highest BCUT2D eigenvalue weighted by atomic mass is 79.9. The molecule has 1 N–H and O–H groups in total. The molecule has 0 heterocycles. The van der Waals surface area contributed by atoms with Crippen LogP contribution < -0.4 is 9.62 Å². The molecular weight excluding hydrogens is 530 g/mol. The van der Waals surface area contributed by atoms with Crippen LogP contribution in [0.2, 0.25) is 0 Å². The zero-order chi connectivity index (χ0) is 26.2. The largest absolute Gasteiger partial charge is 0.352 e. The van der Waals surface area contributed by atoms with Gasteiger partial charge in [-0.1, -0.05) is 52.7 Å². The summed E-state index contributed by atoms with van der Waals surface area (Å²) in [6, 6.07) is 14.2. The lowest BCUT2D eigenvalue weighted by Gasteiger charge is -2.30. The average Bonchev–Trinajstić information content (AvgIpc) is 2.80. The Morgan fingerprint density at radius 3 is 2.17 bits per heavy atom. The lowest BCUT2D eigenvalue weighted by molar-refractivity contribution is -0.140. The van der Waals surface area contributed by atoms with E-state index in [0.29, 0.717) is 12.1 Å². The zero-order valence-electron chi connectivity index (χ0n) is 21.1. The van der Waals surface area contributed by atoms with Crippen molar-refractivity contribution in [1.29, 1.82) is 0 Å². The van der Waals surface area contributed by atoms with Gasteiger partial charge in [0.2, 0.25) is 21.8 Å². The molecule has 0 saturated carbocycles. The summed E-state index contributed by atoms with van der Waals surface area (Å²) in [5.41, 5.74) is 2.51. The van der Waals surface area contributed by atoms with Gasteiger partial charge in [-0.2, -0.15) is 0 Å². The molecule has 0 radical (unpaired) electrons. The molecule has 2 aromatic carbocycles. The summed E-state index contributed by atoms with van der Waals surface area (Å²) in [6.07, 6.45) is 2.40. The predicted molar refractivity (Wildman–Crippen MR) is 145 cm³/mol. The Morgan fingerprint density at radius 1 is 1.03 bits per heavy atom. The number of aryl methyl sites for hydroxylation is 1. The van der Waals surface area contributed by atoms with E-state index in [-0.39, 0.29) is 37.4 Å². The van der Waals surface area contributed by atoms with Crippen molar-refractivity contribution in [1.82, 2.24) is 10.2 Å². The van der Waals surface area contributed by atoms with Crippen LogP contribution in [-0.4, -0.2) is 50.0 Å². The van der Waals surface area contributed by atoms with Crippen molar-refractivity contribution in [3.8, 4) is 0 Å². The van der Waals surface area contributed by atoms with Gasteiger partial charge in [0, 0.05) is 30.0 Å². The molecule has 2 amide bonds. The highest BCUT2D eigenvalue weighted by Gasteiger charge is 2.27. The number of sulfonamides is 1. The standard InChI is InChI=1S/C26H36BrN3O4S/c1-6-20(3)28-26(32)21(4)29(18-22-11-13-23(27)14-12-22)25(31)8-7-17-30(35(5,33)34)24-15-9-19(2)10-16-24/h9-16,20-21H,6-8,17-18H2,1-5H3,(H,28,32)/t20-,21+/m0/s1. The summed E-state index contributed by atoms with van der Waals surface area (Å²) in [5, 5.41) is 2.95. The summed E-state index contributed by atoms with van der Waals surface area (Å²) >= 11 is 3.42. The van der Waals surface area contributed by atoms with Gasteiger partial charge >= 0.3 is 0 Å². The summed E-state index contributed by atoms with van der Waals surface area (Å²) < 4.78 is 27.0. The van der Waals surface area contributed by atoms with Crippen molar-refractivity contribution >= 4 is 43.5 Å². The van der Waals surface area contributed by atoms with Crippen LogP contribution in [0.1, 0.15) is 51.2 Å². The minimum Gasteiger partial charge on any atom is -0.352 e. The maximum atomic E-state index is 13.3.